The number of hydrogen-bond donors (Lipinski definition) is 1. The van der Waals surface area contributed by atoms with Gasteiger partial charge < -0.3 is 10.1 Å². The number of anilines is 1. The highest BCUT2D eigenvalue weighted by Crippen LogP contribution is 2.32. The van der Waals surface area contributed by atoms with Gasteiger partial charge in [-0.3, -0.25) is 0 Å². The Kier molecular flexibility index (Phi) is 2.89. The van der Waals surface area contributed by atoms with Crippen molar-refractivity contribution >= 4 is 5.69 Å². The van der Waals surface area contributed by atoms with Crippen molar-refractivity contribution in [3.05, 3.63) is 53.7 Å². The lowest BCUT2D eigenvalue weighted by molar-refractivity contribution is 0.397. The first-order valence-electron chi connectivity index (χ1n) is 6.21. The summed E-state index contributed by atoms with van der Waals surface area (Å²) < 4.78 is 5.08. The van der Waals surface area contributed by atoms with Gasteiger partial charge in [0.2, 0.25) is 5.88 Å². The molecule has 3 rings (SSSR count). The molecular weight excluding hydrogens is 224 g/mol. The van der Waals surface area contributed by atoms with Crippen molar-refractivity contribution in [2.24, 2.45) is 0 Å². The van der Waals surface area contributed by atoms with Crippen LogP contribution >= 0.6 is 0 Å². The first-order chi connectivity index (χ1) is 8.86. The number of benzene rings is 1. The zero-order valence-electron chi connectivity index (χ0n) is 10.4. The molecule has 1 aromatic carbocycles. The third kappa shape index (κ3) is 2.04. The van der Waals surface area contributed by atoms with Crippen LogP contribution in [0.2, 0.25) is 0 Å². The van der Waals surface area contributed by atoms with Crippen LogP contribution in [0, 0.1) is 0 Å². The number of para-hydroxylation sites is 1. The molecule has 3 heteroatoms. The number of hydrogen-bond acceptors (Lipinski definition) is 3. The maximum atomic E-state index is 5.08. The molecule has 3 nitrogen and oxygen atoms in total. The van der Waals surface area contributed by atoms with Crippen molar-refractivity contribution in [1.82, 2.24) is 4.98 Å². The van der Waals surface area contributed by atoms with Gasteiger partial charge in [-0.2, -0.15) is 0 Å². The molecule has 0 radical (unpaired) electrons. The zero-order valence-corrected chi connectivity index (χ0v) is 10.4. The third-order valence-electron chi connectivity index (χ3n) is 3.42. The van der Waals surface area contributed by atoms with E-state index >= 15 is 0 Å². The topological polar surface area (TPSA) is 34.1 Å². The summed E-state index contributed by atoms with van der Waals surface area (Å²) in [6.45, 7) is 0. The van der Waals surface area contributed by atoms with Gasteiger partial charge in [-0.15, -0.1) is 0 Å². The average molecular weight is 240 g/mol. The number of aryl methyl sites for hydroxylation is 1. The summed E-state index contributed by atoms with van der Waals surface area (Å²) in [5.41, 5.74) is 3.85. The normalized spacial score (nSPS) is 17.7. The molecule has 1 N–H and O–H groups in total. The smallest absolute Gasteiger partial charge is 0.212 e. The Balaban J connectivity index is 1.82. The second-order valence-corrected chi connectivity index (χ2v) is 4.53. The van der Waals surface area contributed by atoms with Crippen LogP contribution < -0.4 is 10.1 Å². The number of pyridine rings is 1. The van der Waals surface area contributed by atoms with Crippen LogP contribution in [0.3, 0.4) is 0 Å². The molecule has 18 heavy (non-hydrogen) atoms. The summed E-state index contributed by atoms with van der Waals surface area (Å²) in [5, 5.41) is 3.57. The Labute approximate surface area is 107 Å². The molecule has 0 fully saturated rings. The van der Waals surface area contributed by atoms with Crippen LogP contribution in [0.25, 0.3) is 0 Å². The first kappa shape index (κ1) is 11.1. The first-order valence-corrected chi connectivity index (χ1v) is 6.21. The van der Waals surface area contributed by atoms with E-state index in [1.807, 2.05) is 12.3 Å². The minimum atomic E-state index is 0.346. The van der Waals surface area contributed by atoms with Gasteiger partial charge in [-0.25, -0.2) is 4.98 Å². The molecule has 1 aliphatic rings. The number of fused-ring (bicyclic) bond motifs is 1. The fourth-order valence-electron chi connectivity index (χ4n) is 2.41. The fraction of sp³-hybridized carbons (Fsp3) is 0.267. The van der Waals surface area contributed by atoms with Crippen LogP contribution in [-0.2, 0) is 6.42 Å². The van der Waals surface area contributed by atoms with Crippen LogP contribution in [-0.4, -0.2) is 12.1 Å². The van der Waals surface area contributed by atoms with Crippen molar-refractivity contribution in [2.45, 2.75) is 18.9 Å². The van der Waals surface area contributed by atoms with Gasteiger partial charge in [0.15, 0.2) is 0 Å². The van der Waals surface area contributed by atoms with Crippen molar-refractivity contribution < 1.29 is 4.74 Å². The standard InChI is InChI=1S/C15H16N2O/c1-18-15-9-7-12(10-16-15)14-8-6-11-4-2-3-5-13(11)17-14/h2-5,7,9-10,14,17H,6,8H2,1H3. The molecule has 0 saturated heterocycles. The molecule has 2 heterocycles. The van der Waals surface area contributed by atoms with E-state index in [9.17, 15) is 0 Å². The quantitative estimate of drug-likeness (QED) is 0.875. The predicted octanol–water partition coefficient (Wildman–Crippen LogP) is 3.19. The highest BCUT2D eigenvalue weighted by molar-refractivity contribution is 5.54. The van der Waals surface area contributed by atoms with Crippen molar-refractivity contribution in [2.75, 3.05) is 12.4 Å². The highest BCUT2D eigenvalue weighted by atomic mass is 16.5. The van der Waals surface area contributed by atoms with Crippen LogP contribution in [0.4, 0.5) is 5.69 Å². The van der Waals surface area contributed by atoms with E-state index in [0.717, 1.165) is 12.8 Å². The van der Waals surface area contributed by atoms with Crippen LogP contribution in [0.15, 0.2) is 42.6 Å². The van der Waals surface area contributed by atoms with Gasteiger partial charge in [-0.05, 0) is 30.0 Å². The predicted molar refractivity (Wildman–Crippen MR) is 71.9 cm³/mol. The lowest BCUT2D eigenvalue weighted by atomic mass is 9.94. The van der Waals surface area contributed by atoms with E-state index in [-0.39, 0.29) is 0 Å². The minimum absolute atomic E-state index is 0.346. The van der Waals surface area contributed by atoms with Crippen molar-refractivity contribution in [3.8, 4) is 5.88 Å². The number of aromatic nitrogens is 1. The summed E-state index contributed by atoms with van der Waals surface area (Å²) >= 11 is 0. The van der Waals surface area contributed by atoms with Crippen molar-refractivity contribution in [3.63, 3.8) is 0 Å². The van der Waals surface area contributed by atoms with Gasteiger partial charge in [0, 0.05) is 18.0 Å². The molecular formula is C15H16N2O. The Bertz CT molecular complexity index is 536. The molecule has 92 valence electrons. The van der Waals surface area contributed by atoms with E-state index in [4.69, 9.17) is 4.74 Å². The molecule has 1 aromatic heterocycles. The lowest BCUT2D eigenvalue weighted by Gasteiger charge is -2.27. The lowest BCUT2D eigenvalue weighted by Crippen LogP contribution is -2.18. The molecule has 1 aliphatic heterocycles. The molecule has 1 atom stereocenters. The Morgan fingerprint density at radius 3 is 2.89 bits per heavy atom. The number of methoxy groups -OCH3 is 1. The molecule has 0 bridgehead atoms. The molecule has 0 spiro atoms. The summed E-state index contributed by atoms with van der Waals surface area (Å²) in [5.74, 6) is 0.662. The zero-order chi connectivity index (χ0) is 12.4. The second-order valence-electron chi connectivity index (χ2n) is 4.53. The van der Waals surface area contributed by atoms with E-state index in [1.165, 1.54) is 16.8 Å². The molecule has 0 aliphatic carbocycles. The highest BCUT2D eigenvalue weighted by Gasteiger charge is 2.18. The van der Waals surface area contributed by atoms with Gasteiger partial charge in [0.25, 0.3) is 0 Å². The Hall–Kier alpha value is -2.03. The maximum absolute atomic E-state index is 5.08. The van der Waals surface area contributed by atoms with Crippen LogP contribution in [0.5, 0.6) is 5.88 Å². The Morgan fingerprint density at radius 1 is 1.22 bits per heavy atom. The van der Waals surface area contributed by atoms with Gasteiger partial charge in [0.1, 0.15) is 0 Å². The Morgan fingerprint density at radius 2 is 2.11 bits per heavy atom. The fourth-order valence-corrected chi connectivity index (χ4v) is 2.41. The molecule has 0 saturated carbocycles. The number of nitrogens with one attached hydrogen (secondary N) is 1. The second kappa shape index (κ2) is 4.69. The van der Waals surface area contributed by atoms with E-state index in [0.29, 0.717) is 11.9 Å². The van der Waals surface area contributed by atoms with Gasteiger partial charge in [-0.1, -0.05) is 24.3 Å². The number of rotatable bonds is 2. The van der Waals surface area contributed by atoms with E-state index in [1.54, 1.807) is 7.11 Å². The summed E-state index contributed by atoms with van der Waals surface area (Å²) in [7, 11) is 1.64. The summed E-state index contributed by atoms with van der Waals surface area (Å²) in [6, 6.07) is 12.8. The van der Waals surface area contributed by atoms with Crippen LogP contribution in [0.1, 0.15) is 23.6 Å². The largest absolute Gasteiger partial charge is 0.481 e. The average Bonchev–Trinajstić information content (AvgIpc) is 2.47. The van der Waals surface area contributed by atoms with Gasteiger partial charge >= 0.3 is 0 Å². The number of ether oxygens (including phenoxy) is 1. The maximum Gasteiger partial charge on any atom is 0.212 e. The molecule has 1 unspecified atom stereocenters. The summed E-state index contributed by atoms with van der Waals surface area (Å²) in [4.78, 5) is 4.27. The SMILES string of the molecule is COc1ccc(C2CCc3ccccc3N2)cn1. The minimum Gasteiger partial charge on any atom is -0.481 e. The van der Waals surface area contributed by atoms with Gasteiger partial charge in [0.05, 0.1) is 13.2 Å². The monoisotopic (exact) mass is 240 g/mol. The van der Waals surface area contributed by atoms with E-state index in [2.05, 4.69) is 40.6 Å². The van der Waals surface area contributed by atoms with E-state index < -0.39 is 0 Å². The number of nitrogens with zero attached hydrogens (tertiary/aromatic N) is 1. The molecule has 0 amide bonds. The molecule has 2 aromatic rings. The van der Waals surface area contributed by atoms with Crippen molar-refractivity contribution in [1.29, 1.82) is 0 Å². The third-order valence-corrected chi connectivity index (χ3v) is 3.42. The summed E-state index contributed by atoms with van der Waals surface area (Å²) in [6.07, 6.45) is 4.11.